The zero-order valence-corrected chi connectivity index (χ0v) is 17.3. The molecule has 2 aromatic heterocycles. The maximum Gasteiger partial charge on any atom is 0.255 e. The van der Waals surface area contributed by atoms with Crippen molar-refractivity contribution in [3.63, 3.8) is 0 Å². The molecule has 1 fully saturated rings. The first-order valence-corrected chi connectivity index (χ1v) is 10.5. The zero-order valence-electron chi connectivity index (χ0n) is 16.4. The molecule has 1 amide bonds. The predicted octanol–water partition coefficient (Wildman–Crippen LogP) is 2.53. The maximum atomic E-state index is 12.5. The topological polar surface area (TPSA) is 79.2 Å². The highest BCUT2D eigenvalue weighted by Gasteiger charge is 2.13. The summed E-state index contributed by atoms with van der Waals surface area (Å²) in [5.74, 6) is 2.53. The van der Waals surface area contributed by atoms with E-state index in [4.69, 9.17) is 0 Å². The van der Waals surface area contributed by atoms with E-state index in [1.54, 1.807) is 23.1 Å². The van der Waals surface area contributed by atoms with E-state index in [1.165, 1.54) is 0 Å². The smallest absolute Gasteiger partial charge is 0.255 e. The van der Waals surface area contributed by atoms with Crippen molar-refractivity contribution >= 4 is 34.7 Å². The standard InChI is InChI=1S/C20H23N7OS/c1-25(2)17-5-3-4-15(10-17)19(28)24-16-11-23-27(14-16)20-21-12-18(13-22-20)26-6-8-29-9-7-26/h3-5,10-14H,6-9H2,1-2H3,(H,24,28). The number of nitrogens with one attached hydrogen (secondary N) is 1. The van der Waals surface area contributed by atoms with Gasteiger partial charge in [0.05, 0.1) is 36.2 Å². The largest absolute Gasteiger partial charge is 0.378 e. The molecular weight excluding hydrogens is 386 g/mol. The van der Waals surface area contributed by atoms with Crippen molar-refractivity contribution in [3.05, 3.63) is 54.6 Å². The van der Waals surface area contributed by atoms with Crippen LogP contribution in [-0.4, -0.2) is 64.3 Å². The number of benzene rings is 1. The van der Waals surface area contributed by atoms with Gasteiger partial charge in [-0.1, -0.05) is 6.07 Å². The second kappa shape index (κ2) is 8.52. The Labute approximate surface area is 173 Å². The SMILES string of the molecule is CN(C)c1cccc(C(=O)Nc2cnn(-c3ncc(N4CCSCC4)cn3)c2)c1. The Balaban J connectivity index is 1.44. The van der Waals surface area contributed by atoms with Crippen LogP contribution in [0.1, 0.15) is 10.4 Å². The van der Waals surface area contributed by atoms with Gasteiger partial charge in [0, 0.05) is 49.9 Å². The van der Waals surface area contributed by atoms with Gasteiger partial charge in [0.2, 0.25) is 0 Å². The average molecular weight is 410 g/mol. The number of thioether (sulfide) groups is 1. The summed E-state index contributed by atoms with van der Waals surface area (Å²) < 4.78 is 1.56. The van der Waals surface area contributed by atoms with Crippen LogP contribution in [0.15, 0.2) is 49.1 Å². The fraction of sp³-hybridized carbons (Fsp3) is 0.300. The molecule has 1 aliphatic rings. The first-order chi connectivity index (χ1) is 14.1. The number of nitrogens with zero attached hydrogens (tertiary/aromatic N) is 6. The fourth-order valence-corrected chi connectivity index (χ4v) is 3.95. The lowest BCUT2D eigenvalue weighted by molar-refractivity contribution is 0.102. The molecule has 29 heavy (non-hydrogen) atoms. The molecule has 0 atom stereocenters. The summed E-state index contributed by atoms with van der Waals surface area (Å²) in [6.07, 6.45) is 6.95. The van der Waals surface area contributed by atoms with Crippen molar-refractivity contribution in [2.24, 2.45) is 0 Å². The lowest BCUT2D eigenvalue weighted by Crippen LogP contribution is -2.32. The predicted molar refractivity (Wildman–Crippen MR) is 117 cm³/mol. The maximum absolute atomic E-state index is 12.5. The minimum atomic E-state index is -0.188. The van der Waals surface area contributed by atoms with Crippen molar-refractivity contribution in [2.45, 2.75) is 0 Å². The Hall–Kier alpha value is -3.07. The molecule has 1 saturated heterocycles. The molecule has 150 valence electrons. The van der Waals surface area contributed by atoms with Gasteiger partial charge in [-0.3, -0.25) is 4.79 Å². The molecule has 1 aromatic carbocycles. The number of carbonyl (C=O) groups is 1. The second-order valence-electron chi connectivity index (χ2n) is 6.91. The lowest BCUT2D eigenvalue weighted by Gasteiger charge is -2.27. The van der Waals surface area contributed by atoms with Crippen LogP contribution in [-0.2, 0) is 0 Å². The molecule has 0 radical (unpaired) electrons. The third kappa shape index (κ3) is 4.51. The van der Waals surface area contributed by atoms with Crippen LogP contribution in [0, 0.1) is 0 Å². The molecule has 8 nitrogen and oxygen atoms in total. The van der Waals surface area contributed by atoms with Gasteiger partial charge in [0.25, 0.3) is 11.9 Å². The van der Waals surface area contributed by atoms with Crippen molar-refractivity contribution in [2.75, 3.05) is 53.8 Å². The van der Waals surface area contributed by atoms with E-state index in [0.717, 1.165) is 36.0 Å². The Morgan fingerprint density at radius 3 is 2.62 bits per heavy atom. The van der Waals surface area contributed by atoms with Gasteiger partial charge in [0.1, 0.15) is 0 Å². The normalized spacial score (nSPS) is 13.9. The number of hydrogen-bond acceptors (Lipinski definition) is 7. The summed E-state index contributed by atoms with van der Waals surface area (Å²) in [6.45, 7) is 2.03. The van der Waals surface area contributed by atoms with Crippen LogP contribution in [0.3, 0.4) is 0 Å². The average Bonchev–Trinajstić information content (AvgIpc) is 3.23. The highest BCUT2D eigenvalue weighted by molar-refractivity contribution is 7.99. The van der Waals surface area contributed by atoms with E-state index in [-0.39, 0.29) is 5.91 Å². The summed E-state index contributed by atoms with van der Waals surface area (Å²) >= 11 is 1.97. The minimum Gasteiger partial charge on any atom is -0.378 e. The monoisotopic (exact) mass is 409 g/mol. The third-order valence-corrected chi connectivity index (χ3v) is 5.61. The minimum absolute atomic E-state index is 0.188. The van der Waals surface area contributed by atoms with E-state index < -0.39 is 0 Å². The van der Waals surface area contributed by atoms with E-state index in [2.05, 4.69) is 25.3 Å². The first-order valence-electron chi connectivity index (χ1n) is 9.39. The molecule has 1 N–H and O–H groups in total. The molecule has 1 aliphatic heterocycles. The van der Waals surface area contributed by atoms with Gasteiger partial charge in [0.15, 0.2) is 0 Å². The van der Waals surface area contributed by atoms with E-state index >= 15 is 0 Å². The van der Waals surface area contributed by atoms with Crippen LogP contribution in [0.2, 0.25) is 0 Å². The van der Waals surface area contributed by atoms with Gasteiger partial charge in [-0.2, -0.15) is 16.9 Å². The molecule has 9 heteroatoms. The summed E-state index contributed by atoms with van der Waals surface area (Å²) in [7, 11) is 3.88. The second-order valence-corrected chi connectivity index (χ2v) is 8.14. The zero-order chi connectivity index (χ0) is 20.2. The number of aromatic nitrogens is 4. The van der Waals surface area contributed by atoms with Crippen LogP contribution < -0.4 is 15.1 Å². The van der Waals surface area contributed by atoms with E-state index in [0.29, 0.717) is 17.2 Å². The third-order valence-electron chi connectivity index (χ3n) is 4.67. The first kappa shape index (κ1) is 19.3. The fourth-order valence-electron chi connectivity index (χ4n) is 3.04. The van der Waals surface area contributed by atoms with Crippen molar-refractivity contribution in [1.82, 2.24) is 19.7 Å². The Morgan fingerprint density at radius 2 is 1.90 bits per heavy atom. The van der Waals surface area contributed by atoms with Gasteiger partial charge in [-0.15, -0.1) is 0 Å². The van der Waals surface area contributed by atoms with E-state index in [1.807, 2.05) is 61.3 Å². The van der Waals surface area contributed by atoms with E-state index in [9.17, 15) is 4.79 Å². The van der Waals surface area contributed by atoms with Crippen LogP contribution >= 0.6 is 11.8 Å². The number of amides is 1. The van der Waals surface area contributed by atoms with Crippen LogP contribution in [0.5, 0.6) is 0 Å². The molecule has 3 heterocycles. The molecule has 0 aliphatic carbocycles. The Bertz CT molecular complexity index is 981. The van der Waals surface area contributed by atoms with Gasteiger partial charge >= 0.3 is 0 Å². The number of hydrogen-bond donors (Lipinski definition) is 1. The quantitative estimate of drug-likeness (QED) is 0.694. The van der Waals surface area contributed by atoms with Crippen LogP contribution in [0.25, 0.3) is 5.95 Å². The molecule has 4 rings (SSSR count). The Morgan fingerprint density at radius 1 is 1.14 bits per heavy atom. The van der Waals surface area contributed by atoms with Gasteiger partial charge < -0.3 is 15.1 Å². The van der Waals surface area contributed by atoms with Gasteiger partial charge in [-0.25, -0.2) is 14.6 Å². The lowest BCUT2D eigenvalue weighted by atomic mass is 10.2. The van der Waals surface area contributed by atoms with Crippen molar-refractivity contribution < 1.29 is 4.79 Å². The summed E-state index contributed by atoms with van der Waals surface area (Å²) in [4.78, 5) is 25.7. The number of rotatable bonds is 5. The van der Waals surface area contributed by atoms with Crippen molar-refractivity contribution in [1.29, 1.82) is 0 Å². The molecule has 0 spiro atoms. The van der Waals surface area contributed by atoms with Crippen LogP contribution in [0.4, 0.5) is 17.1 Å². The van der Waals surface area contributed by atoms with Gasteiger partial charge in [-0.05, 0) is 18.2 Å². The number of anilines is 3. The van der Waals surface area contributed by atoms with Crippen molar-refractivity contribution in [3.8, 4) is 5.95 Å². The highest BCUT2D eigenvalue weighted by Crippen LogP contribution is 2.19. The number of carbonyl (C=O) groups excluding carboxylic acids is 1. The molecule has 0 bridgehead atoms. The molecule has 3 aromatic rings. The Kier molecular flexibility index (Phi) is 5.66. The molecular formula is C20H23N7OS. The summed E-state index contributed by atoms with van der Waals surface area (Å²) in [5, 5.41) is 7.14. The molecule has 0 unspecified atom stereocenters. The molecule has 0 saturated carbocycles. The highest BCUT2D eigenvalue weighted by atomic mass is 32.2. The summed E-state index contributed by atoms with van der Waals surface area (Å²) in [5.41, 5.74) is 3.17. The summed E-state index contributed by atoms with van der Waals surface area (Å²) in [6, 6.07) is 7.46.